The molecule has 0 fully saturated rings. The van der Waals surface area contributed by atoms with E-state index in [0.717, 1.165) is 0 Å². The first-order valence-corrected chi connectivity index (χ1v) is 3.77. The van der Waals surface area contributed by atoms with Crippen molar-refractivity contribution in [3.63, 3.8) is 0 Å². The zero-order chi connectivity index (χ0) is 8.15. The van der Waals surface area contributed by atoms with Crippen molar-refractivity contribution in [3.05, 3.63) is 0 Å². The fourth-order valence-electron chi connectivity index (χ4n) is 0.458. The number of carbonyl (C=O) groups is 1. The lowest BCUT2D eigenvalue weighted by molar-refractivity contribution is -0.125. The smallest absolute Gasteiger partial charge is 0.228 e. The maximum absolute atomic E-state index is 10.6. The van der Waals surface area contributed by atoms with Crippen molar-refractivity contribution in [3.8, 4) is 0 Å². The first-order chi connectivity index (χ1) is 4.63. The third kappa shape index (κ3) is 2.80. The molecule has 4 nitrogen and oxygen atoms in total. The molecule has 0 aliphatic heterocycles. The van der Waals surface area contributed by atoms with E-state index in [0.29, 0.717) is 0 Å². The van der Waals surface area contributed by atoms with Crippen molar-refractivity contribution in [1.29, 1.82) is 0 Å². The summed E-state index contributed by atoms with van der Waals surface area (Å²) in [6.07, 6.45) is 0. The van der Waals surface area contributed by atoms with Gasteiger partial charge in [-0.05, 0) is 0 Å². The fourth-order valence-corrected chi connectivity index (χ4v) is 0.811. The molecule has 0 aliphatic carbocycles. The summed E-state index contributed by atoms with van der Waals surface area (Å²) in [7, 11) is 0. The number of rotatable bonds is 3. The predicted molar refractivity (Wildman–Crippen MR) is 44.5 cm³/mol. The van der Waals surface area contributed by atoms with Crippen molar-refractivity contribution >= 4 is 28.8 Å². The molecule has 0 bridgehead atoms. The van der Waals surface area contributed by atoms with E-state index >= 15 is 0 Å². The monoisotopic (exact) mass is 259 g/mol. The van der Waals surface area contributed by atoms with Crippen molar-refractivity contribution < 1.29 is 15.0 Å². The molecule has 0 aromatic heterocycles. The van der Waals surface area contributed by atoms with E-state index in [4.69, 9.17) is 10.2 Å². The summed E-state index contributed by atoms with van der Waals surface area (Å²) in [5.74, 6) is -0.172. The van der Waals surface area contributed by atoms with Gasteiger partial charge in [-0.3, -0.25) is 7.91 Å². The number of aliphatic hydroxyl groups is 2. The van der Waals surface area contributed by atoms with E-state index in [1.807, 2.05) is 0 Å². The van der Waals surface area contributed by atoms with Crippen LogP contribution in [0.15, 0.2) is 0 Å². The molecule has 1 amide bonds. The van der Waals surface area contributed by atoms with Crippen LogP contribution in [0, 0.1) is 0 Å². The average molecular weight is 259 g/mol. The molecule has 0 heterocycles. The molecule has 0 saturated carbocycles. The molecule has 0 saturated heterocycles. The van der Waals surface area contributed by atoms with Gasteiger partial charge in [0.05, 0.1) is 42.1 Å². The Morgan fingerprint density at radius 2 is 2.00 bits per heavy atom. The van der Waals surface area contributed by atoms with Crippen LogP contribution >= 0.6 is 22.9 Å². The van der Waals surface area contributed by atoms with Gasteiger partial charge in [0.25, 0.3) is 0 Å². The van der Waals surface area contributed by atoms with Crippen molar-refractivity contribution in [1.82, 2.24) is 3.11 Å². The Morgan fingerprint density at radius 1 is 1.60 bits per heavy atom. The van der Waals surface area contributed by atoms with Crippen molar-refractivity contribution in [2.24, 2.45) is 0 Å². The van der Waals surface area contributed by atoms with Gasteiger partial charge in [0.2, 0.25) is 5.91 Å². The Balaban J connectivity index is 3.88. The lowest BCUT2D eigenvalue weighted by Gasteiger charge is -2.20. The van der Waals surface area contributed by atoms with E-state index in [1.165, 1.54) is 10.0 Å². The Hall–Kier alpha value is 0.120. The molecule has 10 heavy (non-hydrogen) atoms. The largest absolute Gasteiger partial charge is 0.394 e. The van der Waals surface area contributed by atoms with Gasteiger partial charge in [0, 0.05) is 6.92 Å². The van der Waals surface area contributed by atoms with E-state index in [9.17, 15) is 4.79 Å². The lowest BCUT2D eigenvalue weighted by Crippen LogP contribution is -2.36. The molecule has 60 valence electrons. The summed E-state index contributed by atoms with van der Waals surface area (Å²) in [6, 6.07) is -0.474. The number of halogens is 1. The van der Waals surface area contributed by atoms with Crippen LogP contribution in [0.2, 0.25) is 0 Å². The van der Waals surface area contributed by atoms with Gasteiger partial charge in [-0.1, -0.05) is 0 Å². The first kappa shape index (κ1) is 10.1. The van der Waals surface area contributed by atoms with Gasteiger partial charge in [-0.15, -0.1) is 0 Å². The summed E-state index contributed by atoms with van der Waals surface area (Å²) >= 11 is 1.76. The average Bonchev–Trinajstić information content (AvgIpc) is 1.90. The minimum absolute atomic E-state index is 0.172. The quantitative estimate of drug-likeness (QED) is 0.532. The zero-order valence-corrected chi connectivity index (χ0v) is 7.78. The second-order valence-electron chi connectivity index (χ2n) is 1.85. The lowest BCUT2D eigenvalue weighted by atomic mass is 10.3. The van der Waals surface area contributed by atoms with E-state index in [1.54, 1.807) is 22.9 Å². The van der Waals surface area contributed by atoms with Crippen molar-refractivity contribution in [2.75, 3.05) is 13.2 Å². The van der Waals surface area contributed by atoms with Crippen LogP contribution in [0.4, 0.5) is 0 Å². The van der Waals surface area contributed by atoms with Crippen LogP contribution in [0.3, 0.4) is 0 Å². The van der Waals surface area contributed by atoms with E-state index < -0.39 is 6.04 Å². The van der Waals surface area contributed by atoms with Crippen LogP contribution in [0.5, 0.6) is 0 Å². The Morgan fingerprint density at radius 3 is 2.10 bits per heavy atom. The normalized spacial score (nSPS) is 10.1. The van der Waals surface area contributed by atoms with Crippen LogP contribution in [-0.2, 0) is 4.79 Å². The highest BCUT2D eigenvalue weighted by Crippen LogP contribution is 2.05. The second kappa shape index (κ2) is 4.86. The van der Waals surface area contributed by atoms with Crippen LogP contribution in [-0.4, -0.2) is 38.5 Å². The van der Waals surface area contributed by atoms with Gasteiger partial charge >= 0.3 is 0 Å². The highest BCUT2D eigenvalue weighted by Gasteiger charge is 2.15. The van der Waals surface area contributed by atoms with Gasteiger partial charge in [0.1, 0.15) is 0 Å². The molecule has 0 radical (unpaired) electrons. The van der Waals surface area contributed by atoms with Crippen molar-refractivity contribution in [2.45, 2.75) is 13.0 Å². The molecule has 0 unspecified atom stereocenters. The summed E-state index contributed by atoms with van der Waals surface area (Å²) in [4.78, 5) is 10.6. The minimum Gasteiger partial charge on any atom is -0.394 e. The second-order valence-corrected chi connectivity index (χ2v) is 2.89. The van der Waals surface area contributed by atoms with Gasteiger partial charge in [-0.25, -0.2) is 0 Å². The Bertz CT molecular complexity index is 115. The number of carbonyl (C=O) groups excluding carboxylic acids is 1. The Kier molecular flexibility index (Phi) is 4.92. The molecule has 5 heteroatoms. The van der Waals surface area contributed by atoms with Crippen LogP contribution in [0.1, 0.15) is 6.92 Å². The molecule has 0 rings (SSSR count). The number of amides is 1. The molecule has 0 aromatic carbocycles. The molecule has 2 N–H and O–H groups in total. The van der Waals surface area contributed by atoms with Crippen LogP contribution in [0.25, 0.3) is 0 Å². The highest BCUT2D eigenvalue weighted by atomic mass is 127. The van der Waals surface area contributed by atoms with E-state index in [-0.39, 0.29) is 19.1 Å². The SMILES string of the molecule is CC(=O)N(I)C(CO)CO. The van der Waals surface area contributed by atoms with Gasteiger partial charge in [0.15, 0.2) is 0 Å². The maximum atomic E-state index is 10.6. The van der Waals surface area contributed by atoms with Gasteiger partial charge in [-0.2, -0.15) is 0 Å². The molecule has 0 aromatic rings. The number of hydrogen-bond donors (Lipinski definition) is 2. The summed E-state index contributed by atoms with van der Waals surface area (Å²) in [6.45, 7) is 0.961. The molecular formula is C5H10INO3. The predicted octanol–water partition coefficient (Wildman–Crippen LogP) is -0.462. The summed E-state index contributed by atoms with van der Waals surface area (Å²) < 4.78 is 1.28. The van der Waals surface area contributed by atoms with Crippen LogP contribution < -0.4 is 0 Å². The molecule has 0 spiro atoms. The molecule has 0 aliphatic rings. The standard InChI is InChI=1S/C5H10INO3/c1-4(10)7(6)5(2-8)3-9/h5,8-9H,2-3H2,1H3. The van der Waals surface area contributed by atoms with Gasteiger partial charge < -0.3 is 10.2 Å². The first-order valence-electron chi connectivity index (χ1n) is 2.80. The Labute approximate surface area is 73.3 Å². The third-order valence-corrected chi connectivity index (χ3v) is 2.51. The number of hydrogen-bond acceptors (Lipinski definition) is 3. The third-order valence-electron chi connectivity index (χ3n) is 1.04. The fraction of sp³-hybridized carbons (Fsp3) is 0.800. The zero-order valence-electron chi connectivity index (χ0n) is 5.62. The molecule has 0 atom stereocenters. The number of aliphatic hydroxyl groups excluding tert-OH is 2. The summed E-state index contributed by atoms with van der Waals surface area (Å²) in [5.41, 5.74) is 0. The minimum atomic E-state index is -0.474. The number of nitrogens with zero attached hydrogens (tertiary/aromatic N) is 1. The highest BCUT2D eigenvalue weighted by molar-refractivity contribution is 14.1. The summed E-state index contributed by atoms with van der Waals surface area (Å²) in [5, 5.41) is 17.2. The van der Waals surface area contributed by atoms with E-state index in [2.05, 4.69) is 0 Å². The maximum Gasteiger partial charge on any atom is 0.228 e. The molecular weight excluding hydrogens is 249 g/mol. The topological polar surface area (TPSA) is 60.8 Å².